The summed E-state index contributed by atoms with van der Waals surface area (Å²) in [7, 11) is -1.06. The normalized spacial score (nSPS) is 11.4. The van der Waals surface area contributed by atoms with Crippen LogP contribution in [0.15, 0.2) is 39.8 Å². The minimum absolute atomic E-state index is 0.156. The van der Waals surface area contributed by atoms with E-state index >= 15 is 0 Å². The first-order valence-corrected chi connectivity index (χ1v) is 8.84. The number of carbonyl (C=O) groups excluding carboxylic acids is 1. The number of ether oxygens (including phenoxy) is 1. The Kier molecular flexibility index (Phi) is 5.68. The number of aryl methyl sites for hydroxylation is 1. The van der Waals surface area contributed by atoms with Crippen LogP contribution in [-0.2, 0) is 14.8 Å². The number of hydrogen-bond acceptors (Lipinski definition) is 6. The minimum atomic E-state index is -3.77. The van der Waals surface area contributed by atoms with Crippen LogP contribution in [0.3, 0.4) is 0 Å². The van der Waals surface area contributed by atoms with Gasteiger partial charge in [-0.1, -0.05) is 0 Å². The highest BCUT2D eigenvalue weighted by Crippen LogP contribution is 2.23. The first-order valence-electron chi connectivity index (χ1n) is 7.40. The highest BCUT2D eigenvalue weighted by atomic mass is 32.2. The third kappa shape index (κ3) is 4.41. The molecule has 26 heavy (non-hydrogen) atoms. The monoisotopic (exact) mass is 382 g/mol. The van der Waals surface area contributed by atoms with Gasteiger partial charge in [-0.2, -0.15) is 0 Å². The molecule has 10 heteroatoms. The van der Waals surface area contributed by atoms with Gasteiger partial charge in [0.1, 0.15) is 5.75 Å². The van der Waals surface area contributed by atoms with Crippen molar-refractivity contribution in [2.24, 2.45) is 0 Å². The molecule has 9 nitrogen and oxygen atoms in total. The summed E-state index contributed by atoms with van der Waals surface area (Å²) >= 11 is 0. The van der Waals surface area contributed by atoms with E-state index in [4.69, 9.17) is 14.3 Å². The van der Waals surface area contributed by atoms with Crippen molar-refractivity contribution in [1.82, 2.24) is 4.31 Å². The number of carboxylic acids is 1. The fourth-order valence-electron chi connectivity index (χ4n) is 1.96. The molecule has 1 aromatic heterocycles. The summed E-state index contributed by atoms with van der Waals surface area (Å²) in [6, 6.07) is 7.11. The predicted octanol–water partition coefficient (Wildman–Crippen LogP) is 1.55. The van der Waals surface area contributed by atoms with E-state index in [0.29, 0.717) is 17.0 Å². The molecule has 0 radical (unpaired) electrons. The standard InChI is InChI=1S/C16H18N2O7S/c1-10-8-11(24-9-14(19)20)4-5-12(10)17-16(21)13-6-7-15(25-13)26(22,23)18(2)3/h4-8H,9H2,1-3H3,(H,17,21)(H,19,20). The van der Waals surface area contributed by atoms with Crippen molar-refractivity contribution in [1.29, 1.82) is 0 Å². The van der Waals surface area contributed by atoms with Crippen LogP contribution in [0.2, 0.25) is 0 Å². The SMILES string of the molecule is Cc1cc(OCC(=O)O)ccc1NC(=O)c1ccc(S(=O)(=O)N(C)C)o1. The minimum Gasteiger partial charge on any atom is -0.482 e. The molecule has 1 aromatic carbocycles. The average Bonchev–Trinajstić information content (AvgIpc) is 3.05. The number of hydrogen-bond donors (Lipinski definition) is 2. The van der Waals surface area contributed by atoms with Gasteiger partial charge in [-0.05, 0) is 42.8 Å². The van der Waals surface area contributed by atoms with Gasteiger partial charge in [-0.3, -0.25) is 4.79 Å². The molecule has 0 saturated carbocycles. The van der Waals surface area contributed by atoms with Gasteiger partial charge in [0.05, 0.1) is 0 Å². The number of rotatable bonds is 7. The van der Waals surface area contributed by atoms with Gasteiger partial charge in [0, 0.05) is 19.8 Å². The van der Waals surface area contributed by atoms with Crippen LogP contribution in [0.5, 0.6) is 5.75 Å². The molecule has 0 aliphatic rings. The maximum absolute atomic E-state index is 12.3. The van der Waals surface area contributed by atoms with Crippen LogP contribution in [0, 0.1) is 6.92 Å². The van der Waals surface area contributed by atoms with Crippen LogP contribution >= 0.6 is 0 Å². The Bertz CT molecular complexity index is 932. The van der Waals surface area contributed by atoms with E-state index in [1.54, 1.807) is 19.1 Å². The van der Waals surface area contributed by atoms with Gasteiger partial charge in [0.2, 0.25) is 5.09 Å². The highest BCUT2D eigenvalue weighted by Gasteiger charge is 2.23. The van der Waals surface area contributed by atoms with E-state index in [9.17, 15) is 18.0 Å². The smallest absolute Gasteiger partial charge is 0.341 e. The molecule has 2 rings (SSSR count). The molecular weight excluding hydrogens is 364 g/mol. The van der Waals surface area contributed by atoms with E-state index in [2.05, 4.69) is 5.32 Å². The molecule has 0 spiro atoms. The number of sulfonamides is 1. The van der Waals surface area contributed by atoms with Gasteiger partial charge in [-0.25, -0.2) is 17.5 Å². The van der Waals surface area contributed by atoms with Crippen LogP contribution < -0.4 is 10.1 Å². The first-order chi connectivity index (χ1) is 12.1. The Labute approximate surface area is 150 Å². The van der Waals surface area contributed by atoms with Crippen LogP contribution in [-0.4, -0.2) is 50.4 Å². The van der Waals surface area contributed by atoms with Gasteiger partial charge in [0.25, 0.3) is 15.9 Å². The number of nitrogens with one attached hydrogen (secondary N) is 1. The molecule has 0 fully saturated rings. The Hall–Kier alpha value is -2.85. The maximum Gasteiger partial charge on any atom is 0.341 e. The molecule has 0 atom stereocenters. The second-order valence-corrected chi connectivity index (χ2v) is 7.60. The number of nitrogens with zero attached hydrogens (tertiary/aromatic N) is 1. The molecule has 2 aromatic rings. The summed E-state index contributed by atoms with van der Waals surface area (Å²) in [5.41, 5.74) is 1.08. The van der Waals surface area contributed by atoms with Crippen molar-refractivity contribution < 1.29 is 32.3 Å². The first kappa shape index (κ1) is 19.5. The average molecular weight is 382 g/mol. The van der Waals surface area contributed by atoms with E-state index in [1.807, 2.05) is 0 Å². The number of carbonyl (C=O) groups is 2. The Morgan fingerprint density at radius 2 is 1.92 bits per heavy atom. The Morgan fingerprint density at radius 1 is 1.23 bits per heavy atom. The summed E-state index contributed by atoms with van der Waals surface area (Å²) < 4.78 is 35.1. The summed E-state index contributed by atoms with van der Waals surface area (Å²) in [6.07, 6.45) is 0. The molecule has 140 valence electrons. The van der Waals surface area contributed by atoms with E-state index in [1.165, 1.54) is 32.3 Å². The molecule has 0 saturated heterocycles. The van der Waals surface area contributed by atoms with Crippen molar-refractivity contribution in [3.63, 3.8) is 0 Å². The van der Waals surface area contributed by atoms with Crippen LogP contribution in [0.25, 0.3) is 0 Å². The summed E-state index contributed by atoms with van der Waals surface area (Å²) in [5.74, 6) is -1.52. The summed E-state index contributed by atoms with van der Waals surface area (Å²) in [4.78, 5) is 22.8. The van der Waals surface area contributed by atoms with Crippen molar-refractivity contribution in [2.75, 3.05) is 26.0 Å². The number of carboxylic acid groups (broad SMARTS) is 1. The lowest BCUT2D eigenvalue weighted by Crippen LogP contribution is -2.21. The Balaban J connectivity index is 2.13. The fourth-order valence-corrected chi connectivity index (χ4v) is 2.75. The second kappa shape index (κ2) is 7.58. The predicted molar refractivity (Wildman–Crippen MR) is 91.8 cm³/mol. The molecule has 0 aliphatic carbocycles. The third-order valence-corrected chi connectivity index (χ3v) is 5.04. The van der Waals surface area contributed by atoms with Crippen molar-refractivity contribution >= 4 is 27.6 Å². The van der Waals surface area contributed by atoms with Gasteiger partial charge in [-0.15, -0.1) is 0 Å². The zero-order valence-corrected chi connectivity index (χ0v) is 15.2. The lowest BCUT2D eigenvalue weighted by molar-refractivity contribution is -0.139. The van der Waals surface area contributed by atoms with Crippen molar-refractivity contribution in [3.8, 4) is 5.75 Å². The highest BCUT2D eigenvalue weighted by molar-refractivity contribution is 7.88. The van der Waals surface area contributed by atoms with Crippen molar-refractivity contribution in [2.45, 2.75) is 12.0 Å². The Morgan fingerprint density at radius 3 is 2.50 bits per heavy atom. The maximum atomic E-state index is 12.3. The van der Waals surface area contributed by atoms with Gasteiger partial charge < -0.3 is 19.6 Å². The second-order valence-electron chi connectivity index (χ2n) is 5.52. The van der Waals surface area contributed by atoms with Gasteiger partial charge in [0.15, 0.2) is 12.4 Å². The topological polar surface area (TPSA) is 126 Å². The van der Waals surface area contributed by atoms with E-state index < -0.39 is 28.5 Å². The molecule has 0 unspecified atom stereocenters. The number of benzene rings is 1. The van der Waals surface area contributed by atoms with Gasteiger partial charge >= 0.3 is 5.97 Å². The largest absolute Gasteiger partial charge is 0.482 e. The van der Waals surface area contributed by atoms with Crippen molar-refractivity contribution in [3.05, 3.63) is 41.7 Å². The third-order valence-electron chi connectivity index (χ3n) is 3.35. The molecule has 1 heterocycles. The lowest BCUT2D eigenvalue weighted by atomic mass is 10.2. The van der Waals surface area contributed by atoms with E-state index in [-0.39, 0.29) is 10.9 Å². The molecule has 2 N–H and O–H groups in total. The van der Waals surface area contributed by atoms with E-state index in [0.717, 1.165) is 4.31 Å². The molecule has 1 amide bonds. The zero-order valence-electron chi connectivity index (χ0n) is 14.3. The molecular formula is C16H18N2O7S. The number of amides is 1. The summed E-state index contributed by atoms with van der Waals surface area (Å²) in [5, 5.41) is 10.9. The fraction of sp³-hybridized carbons (Fsp3) is 0.250. The number of furan rings is 1. The van der Waals surface area contributed by atoms with Crippen LogP contribution in [0.1, 0.15) is 16.1 Å². The quantitative estimate of drug-likeness (QED) is 0.744. The molecule has 0 bridgehead atoms. The summed E-state index contributed by atoms with van der Waals surface area (Å²) in [6.45, 7) is 1.23. The molecule has 0 aliphatic heterocycles. The number of aliphatic carboxylic acids is 1. The number of anilines is 1. The zero-order chi connectivity index (χ0) is 19.5. The lowest BCUT2D eigenvalue weighted by Gasteiger charge is -2.10. The van der Waals surface area contributed by atoms with Crippen LogP contribution in [0.4, 0.5) is 5.69 Å².